The quantitative estimate of drug-likeness (QED) is 0.871. The molecular weight excluding hydrogens is 309 g/mol. The third kappa shape index (κ3) is 3.95. The molecule has 1 aliphatic carbocycles. The fourth-order valence-corrected chi connectivity index (χ4v) is 3.13. The number of aliphatic hydroxyl groups excluding tert-OH is 1. The summed E-state index contributed by atoms with van der Waals surface area (Å²) in [5, 5.41) is 9.38. The van der Waals surface area contributed by atoms with Gasteiger partial charge in [-0.3, -0.25) is 0 Å². The first-order valence-electron chi connectivity index (χ1n) is 7.90. The van der Waals surface area contributed by atoms with E-state index >= 15 is 0 Å². The van der Waals surface area contributed by atoms with Crippen LogP contribution < -0.4 is 4.74 Å². The van der Waals surface area contributed by atoms with Crippen LogP contribution in [0.15, 0.2) is 18.3 Å². The summed E-state index contributed by atoms with van der Waals surface area (Å²) in [7, 11) is 0. The van der Waals surface area contributed by atoms with Gasteiger partial charge in [0.15, 0.2) is 0 Å². The van der Waals surface area contributed by atoms with Crippen LogP contribution in [-0.2, 0) is 6.18 Å². The Kier molecular flexibility index (Phi) is 4.51. The van der Waals surface area contributed by atoms with Crippen molar-refractivity contribution in [2.75, 3.05) is 32.8 Å². The third-order valence-electron chi connectivity index (χ3n) is 4.75. The van der Waals surface area contributed by atoms with Gasteiger partial charge in [0.25, 0.3) is 0 Å². The van der Waals surface area contributed by atoms with Crippen molar-refractivity contribution in [3.05, 3.63) is 23.9 Å². The smallest absolute Gasteiger partial charge is 0.421 e. The SMILES string of the molecule is OCC1(CN2CC[C@@H](COc3ncccc3C(F)(F)F)C2)CC1. The van der Waals surface area contributed by atoms with Gasteiger partial charge in [-0.1, -0.05) is 0 Å². The molecule has 0 radical (unpaired) electrons. The molecule has 1 saturated carbocycles. The lowest BCUT2D eigenvalue weighted by Gasteiger charge is -2.21. The van der Waals surface area contributed by atoms with Gasteiger partial charge in [-0.2, -0.15) is 13.2 Å². The van der Waals surface area contributed by atoms with Crippen LogP contribution in [0.4, 0.5) is 13.2 Å². The number of rotatable bonds is 6. The summed E-state index contributed by atoms with van der Waals surface area (Å²) in [4.78, 5) is 6.00. The summed E-state index contributed by atoms with van der Waals surface area (Å²) < 4.78 is 44.0. The Balaban J connectivity index is 1.52. The Morgan fingerprint density at radius 3 is 2.83 bits per heavy atom. The predicted molar refractivity (Wildman–Crippen MR) is 78.0 cm³/mol. The van der Waals surface area contributed by atoms with Gasteiger partial charge in [0.2, 0.25) is 5.88 Å². The van der Waals surface area contributed by atoms with Gasteiger partial charge >= 0.3 is 6.18 Å². The first-order chi connectivity index (χ1) is 10.9. The Hall–Kier alpha value is -1.34. The number of aromatic nitrogens is 1. The molecular formula is C16H21F3N2O2. The van der Waals surface area contributed by atoms with Gasteiger partial charge in [0.05, 0.1) is 6.61 Å². The topological polar surface area (TPSA) is 45.6 Å². The number of pyridine rings is 1. The average molecular weight is 330 g/mol. The summed E-state index contributed by atoms with van der Waals surface area (Å²) in [5.41, 5.74) is -0.757. The Labute approximate surface area is 133 Å². The van der Waals surface area contributed by atoms with Crippen molar-refractivity contribution in [3.63, 3.8) is 0 Å². The van der Waals surface area contributed by atoms with E-state index in [4.69, 9.17) is 4.74 Å². The molecule has 0 spiro atoms. The number of nitrogens with zero attached hydrogens (tertiary/aromatic N) is 2. The molecule has 4 nitrogen and oxygen atoms in total. The van der Waals surface area contributed by atoms with E-state index in [1.54, 1.807) is 0 Å². The van der Waals surface area contributed by atoms with Gasteiger partial charge < -0.3 is 14.7 Å². The van der Waals surface area contributed by atoms with Crippen molar-refractivity contribution < 1.29 is 23.0 Å². The first kappa shape index (κ1) is 16.5. The molecule has 0 amide bonds. The zero-order valence-corrected chi connectivity index (χ0v) is 12.9. The highest BCUT2D eigenvalue weighted by atomic mass is 19.4. The van der Waals surface area contributed by atoms with Gasteiger partial charge in [-0.05, 0) is 37.9 Å². The molecule has 128 valence electrons. The Morgan fingerprint density at radius 2 is 2.17 bits per heavy atom. The maximum absolute atomic E-state index is 12.9. The number of alkyl halides is 3. The van der Waals surface area contributed by atoms with E-state index in [0.717, 1.165) is 45.0 Å². The molecule has 2 aliphatic rings. The number of likely N-dealkylation sites (tertiary alicyclic amines) is 1. The van der Waals surface area contributed by atoms with Crippen LogP contribution in [0.2, 0.25) is 0 Å². The molecule has 2 heterocycles. The lowest BCUT2D eigenvalue weighted by molar-refractivity contribution is -0.139. The molecule has 0 aromatic carbocycles. The van der Waals surface area contributed by atoms with E-state index in [1.807, 2.05) is 0 Å². The molecule has 1 aromatic rings. The highest BCUT2D eigenvalue weighted by Crippen LogP contribution is 2.46. The van der Waals surface area contributed by atoms with Crippen LogP contribution in [0.25, 0.3) is 0 Å². The van der Waals surface area contributed by atoms with E-state index in [-0.39, 0.29) is 30.4 Å². The summed E-state index contributed by atoms with van der Waals surface area (Å²) in [6.45, 7) is 3.04. The van der Waals surface area contributed by atoms with Gasteiger partial charge in [-0.25, -0.2) is 4.98 Å². The van der Waals surface area contributed by atoms with Crippen LogP contribution in [0.5, 0.6) is 5.88 Å². The summed E-state index contributed by atoms with van der Waals surface area (Å²) in [6, 6.07) is 2.25. The van der Waals surface area contributed by atoms with Crippen molar-refractivity contribution in [3.8, 4) is 5.88 Å². The minimum atomic E-state index is -4.45. The normalized spacial score (nSPS) is 23.9. The number of halogens is 3. The van der Waals surface area contributed by atoms with Crippen molar-refractivity contribution >= 4 is 0 Å². The fraction of sp³-hybridized carbons (Fsp3) is 0.688. The zero-order chi connectivity index (χ0) is 16.5. The highest BCUT2D eigenvalue weighted by molar-refractivity contribution is 5.28. The van der Waals surface area contributed by atoms with Crippen LogP contribution in [0.3, 0.4) is 0 Å². The molecule has 0 bridgehead atoms. The molecule has 1 aliphatic heterocycles. The standard InChI is InChI=1S/C16H21F3N2O2/c17-16(18,19)13-2-1-6-20-14(13)23-9-12-3-7-21(8-12)10-15(11-22)4-5-15/h1-2,6,12,22H,3-5,7-11H2/t12-/m1/s1. The highest BCUT2D eigenvalue weighted by Gasteiger charge is 2.44. The van der Waals surface area contributed by atoms with E-state index in [9.17, 15) is 18.3 Å². The maximum Gasteiger partial charge on any atom is 0.421 e. The van der Waals surface area contributed by atoms with Gasteiger partial charge in [0.1, 0.15) is 5.56 Å². The van der Waals surface area contributed by atoms with Crippen molar-refractivity contribution in [1.29, 1.82) is 0 Å². The molecule has 1 saturated heterocycles. The summed E-state index contributed by atoms with van der Waals surface area (Å²) >= 11 is 0. The minimum Gasteiger partial charge on any atom is -0.477 e. The van der Waals surface area contributed by atoms with Crippen LogP contribution in [0.1, 0.15) is 24.8 Å². The molecule has 7 heteroatoms. The fourth-order valence-electron chi connectivity index (χ4n) is 3.13. The monoisotopic (exact) mass is 330 g/mol. The second kappa shape index (κ2) is 6.28. The second-order valence-corrected chi connectivity index (χ2v) is 6.71. The number of hydrogen-bond donors (Lipinski definition) is 1. The van der Waals surface area contributed by atoms with Crippen LogP contribution in [-0.4, -0.2) is 47.8 Å². The number of hydrogen-bond acceptors (Lipinski definition) is 4. The van der Waals surface area contributed by atoms with Crippen molar-refractivity contribution in [1.82, 2.24) is 9.88 Å². The largest absolute Gasteiger partial charge is 0.477 e. The molecule has 1 N–H and O–H groups in total. The average Bonchev–Trinajstić information content (AvgIpc) is 3.15. The first-order valence-corrected chi connectivity index (χ1v) is 7.90. The van der Waals surface area contributed by atoms with Crippen molar-refractivity contribution in [2.24, 2.45) is 11.3 Å². The van der Waals surface area contributed by atoms with Crippen LogP contribution in [0, 0.1) is 11.3 Å². The van der Waals surface area contributed by atoms with Crippen molar-refractivity contribution in [2.45, 2.75) is 25.4 Å². The van der Waals surface area contributed by atoms with E-state index in [0.29, 0.717) is 0 Å². The molecule has 23 heavy (non-hydrogen) atoms. The molecule has 0 unspecified atom stereocenters. The number of ether oxygens (including phenoxy) is 1. The van der Waals surface area contributed by atoms with E-state index in [1.165, 1.54) is 12.3 Å². The number of aliphatic hydroxyl groups is 1. The lowest BCUT2D eigenvalue weighted by Crippen LogP contribution is -2.31. The molecule has 1 aromatic heterocycles. The zero-order valence-electron chi connectivity index (χ0n) is 12.9. The summed E-state index contributed by atoms with van der Waals surface area (Å²) in [6.07, 6.45) is -0.127. The Morgan fingerprint density at radius 1 is 1.39 bits per heavy atom. The van der Waals surface area contributed by atoms with Gasteiger partial charge in [-0.15, -0.1) is 0 Å². The lowest BCUT2D eigenvalue weighted by atomic mass is 10.1. The predicted octanol–water partition coefficient (Wildman–Crippen LogP) is 2.57. The molecule has 1 atom stereocenters. The molecule has 2 fully saturated rings. The van der Waals surface area contributed by atoms with E-state index in [2.05, 4.69) is 9.88 Å². The summed E-state index contributed by atoms with van der Waals surface area (Å²) in [5.74, 6) is -0.139. The second-order valence-electron chi connectivity index (χ2n) is 6.71. The van der Waals surface area contributed by atoms with Crippen LogP contribution >= 0.6 is 0 Å². The Bertz CT molecular complexity index is 546. The van der Waals surface area contributed by atoms with Gasteiger partial charge in [0, 0.05) is 37.2 Å². The third-order valence-corrected chi connectivity index (χ3v) is 4.75. The maximum atomic E-state index is 12.9. The van der Waals surface area contributed by atoms with E-state index < -0.39 is 11.7 Å². The minimum absolute atomic E-state index is 0.0696. The molecule has 3 rings (SSSR count).